The summed E-state index contributed by atoms with van der Waals surface area (Å²) in [5, 5.41) is 0. The SMILES string of the molecule is C=CC(=C)CCC=C(C)CCC(=O)C(=C)C. The third-order valence-corrected chi connectivity index (χ3v) is 2.47. The van der Waals surface area contributed by atoms with Gasteiger partial charge in [0.15, 0.2) is 5.78 Å². The lowest BCUT2D eigenvalue weighted by molar-refractivity contribution is -0.115. The van der Waals surface area contributed by atoms with Crippen LogP contribution in [0.2, 0.25) is 0 Å². The Bertz CT molecular complexity index is 318. The van der Waals surface area contributed by atoms with Gasteiger partial charge in [-0.15, -0.1) is 0 Å². The smallest absolute Gasteiger partial charge is 0.158 e. The predicted octanol–water partition coefficient (Wildman–Crippen LogP) is 4.38. The number of Topliss-reactive ketones (excluding diaryl/α,β-unsaturated/α-hetero) is 1. The maximum atomic E-state index is 11.3. The maximum Gasteiger partial charge on any atom is 0.158 e. The molecule has 1 nitrogen and oxygen atoms in total. The van der Waals surface area contributed by atoms with E-state index in [0.717, 1.165) is 24.8 Å². The summed E-state index contributed by atoms with van der Waals surface area (Å²) in [4.78, 5) is 11.3. The van der Waals surface area contributed by atoms with Crippen molar-refractivity contribution in [2.45, 2.75) is 39.5 Å². The van der Waals surface area contributed by atoms with Crippen molar-refractivity contribution < 1.29 is 4.79 Å². The van der Waals surface area contributed by atoms with Crippen LogP contribution in [-0.4, -0.2) is 5.78 Å². The standard InChI is InChI=1S/C15H22O/c1-6-13(4)8-7-9-14(5)10-11-15(16)12(2)3/h6,9H,1-2,4,7-8,10-11H2,3,5H3. The molecule has 0 aliphatic heterocycles. The third kappa shape index (κ3) is 6.99. The van der Waals surface area contributed by atoms with Crippen molar-refractivity contribution in [2.75, 3.05) is 0 Å². The normalized spacial score (nSPS) is 11.0. The molecule has 0 aliphatic carbocycles. The Morgan fingerprint density at radius 2 is 1.75 bits per heavy atom. The fraction of sp³-hybridized carbons (Fsp3) is 0.400. The van der Waals surface area contributed by atoms with Crippen molar-refractivity contribution >= 4 is 5.78 Å². The lowest BCUT2D eigenvalue weighted by atomic mass is 10.0. The second kappa shape index (κ2) is 7.86. The molecular weight excluding hydrogens is 196 g/mol. The average Bonchev–Trinajstić information content (AvgIpc) is 2.25. The van der Waals surface area contributed by atoms with E-state index in [9.17, 15) is 4.79 Å². The molecule has 0 amide bonds. The summed E-state index contributed by atoms with van der Waals surface area (Å²) in [5.74, 6) is 0.156. The lowest BCUT2D eigenvalue weighted by Crippen LogP contribution is -1.98. The lowest BCUT2D eigenvalue weighted by Gasteiger charge is -2.01. The van der Waals surface area contributed by atoms with Crippen LogP contribution in [0.25, 0.3) is 0 Å². The van der Waals surface area contributed by atoms with Crippen molar-refractivity contribution in [3.8, 4) is 0 Å². The molecule has 0 atom stereocenters. The molecule has 88 valence electrons. The van der Waals surface area contributed by atoms with Gasteiger partial charge in [-0.2, -0.15) is 0 Å². The van der Waals surface area contributed by atoms with Crippen LogP contribution in [-0.2, 0) is 4.79 Å². The molecular formula is C15H22O. The van der Waals surface area contributed by atoms with E-state index >= 15 is 0 Å². The number of carbonyl (C=O) groups is 1. The molecule has 0 spiro atoms. The Kier molecular flexibility index (Phi) is 7.19. The third-order valence-electron chi connectivity index (χ3n) is 2.47. The Morgan fingerprint density at radius 3 is 2.25 bits per heavy atom. The van der Waals surface area contributed by atoms with Gasteiger partial charge in [0.25, 0.3) is 0 Å². The highest BCUT2D eigenvalue weighted by Gasteiger charge is 2.01. The highest BCUT2D eigenvalue weighted by molar-refractivity contribution is 5.94. The predicted molar refractivity (Wildman–Crippen MR) is 71.4 cm³/mol. The van der Waals surface area contributed by atoms with Gasteiger partial charge in [0, 0.05) is 6.42 Å². The summed E-state index contributed by atoms with van der Waals surface area (Å²) < 4.78 is 0. The van der Waals surface area contributed by atoms with E-state index in [1.54, 1.807) is 13.0 Å². The first-order chi connectivity index (χ1) is 7.47. The first kappa shape index (κ1) is 14.6. The second-order valence-electron chi connectivity index (χ2n) is 4.16. The van der Waals surface area contributed by atoms with Crippen molar-refractivity contribution in [2.24, 2.45) is 0 Å². The van der Waals surface area contributed by atoms with Crippen LogP contribution >= 0.6 is 0 Å². The fourth-order valence-electron chi connectivity index (χ4n) is 1.23. The summed E-state index contributed by atoms with van der Waals surface area (Å²) in [6, 6.07) is 0. The van der Waals surface area contributed by atoms with E-state index in [4.69, 9.17) is 0 Å². The van der Waals surface area contributed by atoms with E-state index < -0.39 is 0 Å². The van der Waals surface area contributed by atoms with Gasteiger partial charge in [-0.05, 0) is 38.7 Å². The Morgan fingerprint density at radius 1 is 1.12 bits per heavy atom. The quantitative estimate of drug-likeness (QED) is 0.335. The van der Waals surface area contributed by atoms with Crippen molar-refractivity contribution in [3.63, 3.8) is 0 Å². The molecule has 16 heavy (non-hydrogen) atoms. The summed E-state index contributed by atoms with van der Waals surface area (Å²) in [7, 11) is 0. The monoisotopic (exact) mass is 218 g/mol. The molecule has 0 aromatic rings. The topological polar surface area (TPSA) is 17.1 Å². The molecule has 0 aliphatic rings. The zero-order valence-corrected chi connectivity index (χ0v) is 10.5. The van der Waals surface area contributed by atoms with Gasteiger partial charge in [-0.1, -0.05) is 43.0 Å². The van der Waals surface area contributed by atoms with E-state index in [-0.39, 0.29) is 5.78 Å². The number of hydrogen-bond acceptors (Lipinski definition) is 1. The minimum absolute atomic E-state index is 0.156. The minimum Gasteiger partial charge on any atom is -0.295 e. The van der Waals surface area contributed by atoms with Crippen molar-refractivity contribution in [1.82, 2.24) is 0 Å². The van der Waals surface area contributed by atoms with Crippen LogP contribution in [0.3, 0.4) is 0 Å². The molecule has 0 bridgehead atoms. The van der Waals surface area contributed by atoms with Gasteiger partial charge >= 0.3 is 0 Å². The largest absolute Gasteiger partial charge is 0.295 e. The van der Waals surface area contributed by atoms with Gasteiger partial charge in [0.1, 0.15) is 0 Å². The number of rotatable bonds is 8. The minimum atomic E-state index is 0.156. The molecule has 0 aromatic carbocycles. The zero-order valence-electron chi connectivity index (χ0n) is 10.5. The van der Waals surface area contributed by atoms with Gasteiger partial charge in [-0.25, -0.2) is 0 Å². The van der Waals surface area contributed by atoms with Gasteiger partial charge in [0.05, 0.1) is 0 Å². The molecule has 1 heteroatoms. The van der Waals surface area contributed by atoms with Crippen LogP contribution in [0.5, 0.6) is 0 Å². The maximum absolute atomic E-state index is 11.3. The zero-order chi connectivity index (χ0) is 12.6. The summed E-state index contributed by atoms with van der Waals surface area (Å²) >= 11 is 0. The molecule has 0 heterocycles. The Balaban J connectivity index is 3.88. The first-order valence-electron chi connectivity index (χ1n) is 5.62. The highest BCUT2D eigenvalue weighted by Crippen LogP contribution is 2.11. The highest BCUT2D eigenvalue weighted by atomic mass is 16.1. The summed E-state index contributed by atoms with van der Waals surface area (Å²) in [5.41, 5.74) is 2.96. The van der Waals surface area contributed by atoms with Gasteiger partial charge in [0.2, 0.25) is 0 Å². The molecule has 0 saturated heterocycles. The molecule has 0 fully saturated rings. The van der Waals surface area contributed by atoms with E-state index in [1.165, 1.54) is 5.57 Å². The van der Waals surface area contributed by atoms with E-state index in [1.807, 2.05) is 0 Å². The molecule has 0 aromatic heterocycles. The number of hydrogen-bond donors (Lipinski definition) is 0. The molecule has 0 unspecified atom stereocenters. The van der Waals surface area contributed by atoms with Crippen LogP contribution in [0.4, 0.5) is 0 Å². The Labute approximate surface area is 99.3 Å². The number of carbonyl (C=O) groups excluding carboxylic acids is 1. The number of ketones is 1. The molecule has 0 rings (SSSR count). The van der Waals surface area contributed by atoms with E-state index in [0.29, 0.717) is 12.0 Å². The van der Waals surface area contributed by atoms with Crippen LogP contribution in [0.1, 0.15) is 39.5 Å². The van der Waals surface area contributed by atoms with Crippen molar-refractivity contribution in [1.29, 1.82) is 0 Å². The van der Waals surface area contributed by atoms with E-state index in [2.05, 4.69) is 32.7 Å². The number of allylic oxidation sites excluding steroid dienone is 5. The first-order valence-corrected chi connectivity index (χ1v) is 5.62. The van der Waals surface area contributed by atoms with Gasteiger partial charge in [-0.3, -0.25) is 4.79 Å². The van der Waals surface area contributed by atoms with Crippen LogP contribution in [0.15, 0.2) is 48.6 Å². The van der Waals surface area contributed by atoms with Crippen LogP contribution < -0.4 is 0 Å². The summed E-state index contributed by atoms with van der Waals surface area (Å²) in [6.07, 6.45) is 7.26. The molecule has 0 saturated carbocycles. The summed E-state index contributed by atoms with van der Waals surface area (Å²) in [6.45, 7) is 15.0. The Hall–Kier alpha value is -1.37. The average molecular weight is 218 g/mol. The fourth-order valence-corrected chi connectivity index (χ4v) is 1.23. The van der Waals surface area contributed by atoms with Crippen molar-refractivity contribution in [3.05, 3.63) is 48.6 Å². The second-order valence-corrected chi connectivity index (χ2v) is 4.16. The van der Waals surface area contributed by atoms with Gasteiger partial charge < -0.3 is 0 Å². The molecule has 0 N–H and O–H groups in total. The van der Waals surface area contributed by atoms with Crippen LogP contribution in [0, 0.1) is 0 Å². The molecule has 0 radical (unpaired) electrons.